The zero-order valence-corrected chi connectivity index (χ0v) is 23.0. The van der Waals surface area contributed by atoms with Crippen molar-refractivity contribution >= 4 is 11.1 Å². The Labute approximate surface area is 245 Å². The van der Waals surface area contributed by atoms with Gasteiger partial charge in [-0.25, -0.2) is 0 Å². The third-order valence-corrected chi connectivity index (χ3v) is 7.75. The first-order valence-electron chi connectivity index (χ1n) is 14.1. The summed E-state index contributed by atoms with van der Waals surface area (Å²) in [4.78, 5) is 17.5. The zero-order valence-electron chi connectivity index (χ0n) is 23.0. The third-order valence-electron chi connectivity index (χ3n) is 7.75. The van der Waals surface area contributed by atoms with Crippen molar-refractivity contribution in [1.82, 2.24) is 19.9 Å². The lowest BCUT2D eigenvalue weighted by Crippen LogP contribution is -2.04. The van der Waals surface area contributed by atoms with Crippen molar-refractivity contribution in [1.29, 1.82) is 0 Å². The van der Waals surface area contributed by atoms with E-state index in [1.807, 2.05) is 73.8 Å². The molecule has 0 fully saturated rings. The molecule has 0 radical (unpaired) electrons. The van der Waals surface area contributed by atoms with Gasteiger partial charge in [-0.15, -0.1) is 0 Å². The van der Waals surface area contributed by atoms with Crippen LogP contribution in [0.5, 0.6) is 0 Å². The number of nitrogens with zero attached hydrogens (tertiary/aromatic N) is 4. The van der Waals surface area contributed by atoms with Crippen LogP contribution in [-0.2, 0) is 0 Å². The maximum absolute atomic E-state index is 4.39. The normalized spacial score (nSPS) is 14.6. The average Bonchev–Trinajstić information content (AvgIpc) is 3.09. The minimum Gasteiger partial charge on any atom is -0.264 e. The molecule has 0 amide bonds. The van der Waals surface area contributed by atoms with E-state index in [1.54, 1.807) is 0 Å². The maximum Gasteiger partial charge on any atom is 0.0346 e. The van der Waals surface area contributed by atoms with E-state index in [9.17, 15) is 0 Å². The Morgan fingerprint density at radius 3 is 1.50 bits per heavy atom. The number of rotatable bonds is 6. The van der Waals surface area contributed by atoms with Crippen LogP contribution < -0.4 is 0 Å². The Bertz CT molecular complexity index is 1820. The summed E-state index contributed by atoms with van der Waals surface area (Å²) in [5, 5.41) is 0. The first-order chi connectivity index (χ1) is 20.8. The predicted octanol–water partition coefficient (Wildman–Crippen LogP) is 8.92. The number of aromatic nitrogens is 4. The topological polar surface area (TPSA) is 51.6 Å². The summed E-state index contributed by atoms with van der Waals surface area (Å²) in [5.41, 5.74) is 12.8. The molecule has 4 heterocycles. The number of allylic oxidation sites excluding steroid dienone is 4. The van der Waals surface area contributed by atoms with E-state index in [-0.39, 0.29) is 5.92 Å². The van der Waals surface area contributed by atoms with E-state index >= 15 is 0 Å². The van der Waals surface area contributed by atoms with Crippen LogP contribution >= 0.6 is 0 Å². The van der Waals surface area contributed by atoms with Gasteiger partial charge in [0.25, 0.3) is 0 Å². The van der Waals surface area contributed by atoms with Gasteiger partial charge in [0.05, 0.1) is 0 Å². The van der Waals surface area contributed by atoms with Crippen molar-refractivity contribution in [2.45, 2.75) is 12.3 Å². The van der Waals surface area contributed by atoms with E-state index in [0.29, 0.717) is 0 Å². The fraction of sp³-hybridized carbons (Fsp3) is 0.0526. The molecule has 1 unspecified atom stereocenters. The molecule has 0 aliphatic heterocycles. The molecule has 6 aromatic rings. The smallest absolute Gasteiger partial charge is 0.0346 e. The first-order valence-corrected chi connectivity index (χ1v) is 14.1. The fourth-order valence-electron chi connectivity index (χ4n) is 5.63. The largest absolute Gasteiger partial charge is 0.264 e. The summed E-state index contributed by atoms with van der Waals surface area (Å²) in [6.07, 6.45) is 20.5. The monoisotopic (exact) mass is 540 g/mol. The summed E-state index contributed by atoms with van der Waals surface area (Å²) < 4.78 is 0. The molecule has 1 atom stereocenters. The van der Waals surface area contributed by atoms with E-state index < -0.39 is 0 Å². The summed E-state index contributed by atoms with van der Waals surface area (Å²) >= 11 is 0. The lowest BCUT2D eigenvalue weighted by atomic mass is 9.81. The molecule has 4 nitrogen and oxygen atoms in total. The van der Waals surface area contributed by atoms with Crippen LogP contribution in [0.25, 0.3) is 44.5 Å². The summed E-state index contributed by atoms with van der Waals surface area (Å²) in [6.45, 7) is 0. The van der Waals surface area contributed by atoms with Crippen LogP contribution in [0.2, 0.25) is 0 Å². The Hall–Kier alpha value is -5.48. The van der Waals surface area contributed by atoms with E-state index in [1.165, 1.54) is 22.3 Å². The minimum absolute atomic E-state index is 0.208. The molecule has 4 heteroatoms. The predicted molar refractivity (Wildman–Crippen MR) is 170 cm³/mol. The molecule has 4 aromatic heterocycles. The van der Waals surface area contributed by atoms with E-state index in [4.69, 9.17) is 0 Å². The van der Waals surface area contributed by atoms with Gasteiger partial charge >= 0.3 is 0 Å². The molecule has 42 heavy (non-hydrogen) atoms. The molecular weight excluding hydrogens is 512 g/mol. The van der Waals surface area contributed by atoms with Gasteiger partial charge < -0.3 is 0 Å². The molecule has 7 rings (SSSR count). The van der Waals surface area contributed by atoms with Crippen molar-refractivity contribution in [2.24, 2.45) is 0 Å². The van der Waals surface area contributed by atoms with Gasteiger partial charge in [-0.2, -0.15) is 0 Å². The fourth-order valence-corrected chi connectivity index (χ4v) is 5.63. The molecule has 0 bridgehead atoms. The molecule has 0 N–H and O–H groups in total. The highest BCUT2D eigenvalue weighted by molar-refractivity contribution is 5.87. The highest BCUT2D eigenvalue weighted by Gasteiger charge is 2.20. The standard InChI is InChI=1S/C38H28N4/c1-6-27(33-17-35(29-8-2-12-39-23-29)21-36(18-33)30-9-3-13-40-24-30)16-28(7-1)34-19-37(31-10-4-14-41-25-31)22-38(20-34)32-11-5-15-42-26-32/h1-19,21-26,34H,20H2. The maximum atomic E-state index is 4.39. The van der Waals surface area contributed by atoms with Gasteiger partial charge in [0.1, 0.15) is 0 Å². The quantitative estimate of drug-likeness (QED) is 0.212. The highest BCUT2D eigenvalue weighted by atomic mass is 14.6. The second kappa shape index (κ2) is 11.6. The Balaban J connectivity index is 1.31. The van der Waals surface area contributed by atoms with Crippen LogP contribution in [0.1, 0.15) is 29.0 Å². The van der Waals surface area contributed by atoms with Gasteiger partial charge in [0, 0.05) is 66.6 Å². The van der Waals surface area contributed by atoms with Gasteiger partial charge in [-0.3, -0.25) is 19.9 Å². The molecule has 2 aromatic carbocycles. The lowest BCUT2D eigenvalue weighted by Gasteiger charge is -2.23. The Morgan fingerprint density at radius 1 is 0.452 bits per heavy atom. The van der Waals surface area contributed by atoms with Gasteiger partial charge in [-0.05, 0) is 99.0 Å². The summed E-state index contributed by atoms with van der Waals surface area (Å²) in [6, 6.07) is 32.1. The van der Waals surface area contributed by atoms with Crippen LogP contribution in [0.15, 0.2) is 153 Å². The molecule has 0 spiro atoms. The second-order valence-corrected chi connectivity index (χ2v) is 10.5. The van der Waals surface area contributed by atoms with Gasteiger partial charge in [-0.1, -0.05) is 60.7 Å². The summed E-state index contributed by atoms with van der Waals surface area (Å²) in [5.74, 6) is 0.208. The van der Waals surface area contributed by atoms with Gasteiger partial charge in [0.15, 0.2) is 0 Å². The van der Waals surface area contributed by atoms with Crippen molar-refractivity contribution in [3.63, 3.8) is 0 Å². The molecule has 1 aliphatic rings. The third kappa shape index (κ3) is 5.43. The van der Waals surface area contributed by atoms with Crippen LogP contribution in [0.3, 0.4) is 0 Å². The molecule has 0 saturated carbocycles. The Morgan fingerprint density at radius 2 is 0.952 bits per heavy atom. The molecular formula is C38H28N4. The van der Waals surface area contributed by atoms with Crippen LogP contribution in [0, 0.1) is 0 Å². The van der Waals surface area contributed by atoms with Crippen molar-refractivity contribution in [2.75, 3.05) is 0 Å². The summed E-state index contributed by atoms with van der Waals surface area (Å²) in [7, 11) is 0. The van der Waals surface area contributed by atoms with E-state index in [0.717, 1.165) is 45.4 Å². The number of pyridine rings is 4. The van der Waals surface area contributed by atoms with Crippen LogP contribution in [0.4, 0.5) is 0 Å². The molecule has 0 saturated heterocycles. The molecule has 200 valence electrons. The number of benzene rings is 2. The first kappa shape index (κ1) is 25.5. The Kier molecular flexibility index (Phi) is 7.01. The molecule has 1 aliphatic carbocycles. The minimum atomic E-state index is 0.208. The highest BCUT2D eigenvalue weighted by Crippen LogP contribution is 2.40. The van der Waals surface area contributed by atoms with Crippen molar-refractivity contribution < 1.29 is 0 Å². The second-order valence-electron chi connectivity index (χ2n) is 10.5. The lowest BCUT2D eigenvalue weighted by molar-refractivity contribution is 0.870. The van der Waals surface area contributed by atoms with E-state index in [2.05, 4.69) is 98.8 Å². The van der Waals surface area contributed by atoms with Crippen LogP contribution in [-0.4, -0.2) is 19.9 Å². The van der Waals surface area contributed by atoms with Crippen molar-refractivity contribution in [3.8, 4) is 33.4 Å². The average molecular weight is 541 g/mol. The number of hydrogen-bond donors (Lipinski definition) is 0. The SMILES string of the molecule is C1=C(c2cccnc2)C=C(c2cccnc2)CC1c1cccc(-c2cc(-c3cccnc3)cc(-c3cccnc3)c2)c1. The number of hydrogen-bond acceptors (Lipinski definition) is 4. The van der Waals surface area contributed by atoms with Crippen molar-refractivity contribution in [3.05, 3.63) is 169 Å². The van der Waals surface area contributed by atoms with Gasteiger partial charge in [0.2, 0.25) is 0 Å². The zero-order chi connectivity index (χ0) is 28.1.